The van der Waals surface area contributed by atoms with Crippen LogP contribution in [-0.4, -0.2) is 31.9 Å². The highest BCUT2D eigenvalue weighted by atomic mass is 32.2. The number of aliphatic hydroxyl groups excluding tert-OH is 1. The van der Waals surface area contributed by atoms with Crippen LogP contribution in [0.2, 0.25) is 0 Å². The number of rotatable bonds is 5. The molecule has 5 heteroatoms. The normalized spacial score (nSPS) is 21.5. The molecular formula is C10H21NO3S. The van der Waals surface area contributed by atoms with Crippen molar-refractivity contribution in [3.63, 3.8) is 0 Å². The van der Waals surface area contributed by atoms with Crippen molar-refractivity contribution in [1.82, 2.24) is 4.72 Å². The van der Waals surface area contributed by atoms with Gasteiger partial charge < -0.3 is 5.11 Å². The highest BCUT2D eigenvalue weighted by molar-refractivity contribution is 7.89. The Kier molecular flexibility index (Phi) is 5.02. The van der Waals surface area contributed by atoms with Crippen molar-refractivity contribution in [2.75, 3.05) is 12.4 Å². The largest absolute Gasteiger partial charge is 0.395 e. The molecule has 0 heterocycles. The Morgan fingerprint density at radius 2 is 1.93 bits per heavy atom. The van der Waals surface area contributed by atoms with Crippen LogP contribution in [0.15, 0.2) is 0 Å². The Morgan fingerprint density at radius 1 is 1.33 bits per heavy atom. The molecule has 0 aliphatic heterocycles. The zero-order valence-corrected chi connectivity index (χ0v) is 10.1. The second-order valence-electron chi connectivity index (χ2n) is 4.35. The summed E-state index contributed by atoms with van der Waals surface area (Å²) in [5.74, 6) is 0.275. The Balaban J connectivity index is 2.43. The third-order valence-electron chi connectivity index (χ3n) is 3.08. The lowest BCUT2D eigenvalue weighted by molar-refractivity contribution is 0.299. The first-order valence-electron chi connectivity index (χ1n) is 5.66. The average molecular weight is 235 g/mol. The van der Waals surface area contributed by atoms with Crippen LogP contribution in [0, 0.1) is 5.92 Å². The minimum absolute atomic E-state index is 0.00171. The molecule has 1 saturated carbocycles. The number of hydrogen-bond acceptors (Lipinski definition) is 3. The quantitative estimate of drug-likeness (QED) is 0.743. The first-order valence-corrected chi connectivity index (χ1v) is 7.31. The van der Waals surface area contributed by atoms with Gasteiger partial charge in [-0.2, -0.15) is 0 Å². The minimum atomic E-state index is -3.28. The van der Waals surface area contributed by atoms with E-state index in [0.717, 1.165) is 12.8 Å². The van der Waals surface area contributed by atoms with Gasteiger partial charge in [-0.3, -0.25) is 0 Å². The van der Waals surface area contributed by atoms with E-state index in [1.807, 2.05) is 6.92 Å². The average Bonchev–Trinajstić information content (AvgIpc) is 2.18. The maximum absolute atomic E-state index is 11.4. The summed E-state index contributed by atoms with van der Waals surface area (Å²) in [5.41, 5.74) is 0. The number of hydrogen-bond donors (Lipinski definition) is 2. The van der Waals surface area contributed by atoms with Crippen molar-refractivity contribution in [3.05, 3.63) is 0 Å². The molecule has 1 unspecified atom stereocenters. The number of aliphatic hydroxyl groups is 1. The highest BCUT2D eigenvalue weighted by Gasteiger charge is 2.23. The fourth-order valence-electron chi connectivity index (χ4n) is 2.19. The molecule has 0 aromatic rings. The Labute approximate surface area is 92.1 Å². The van der Waals surface area contributed by atoms with Gasteiger partial charge in [-0.25, -0.2) is 13.1 Å². The monoisotopic (exact) mass is 235 g/mol. The van der Waals surface area contributed by atoms with E-state index in [2.05, 4.69) is 4.72 Å². The van der Waals surface area contributed by atoms with Gasteiger partial charge in [0, 0.05) is 6.04 Å². The summed E-state index contributed by atoms with van der Waals surface area (Å²) in [4.78, 5) is 0. The van der Waals surface area contributed by atoms with E-state index in [1.165, 1.54) is 19.3 Å². The van der Waals surface area contributed by atoms with Crippen LogP contribution < -0.4 is 4.72 Å². The van der Waals surface area contributed by atoms with Crippen LogP contribution in [0.5, 0.6) is 0 Å². The van der Waals surface area contributed by atoms with Gasteiger partial charge in [0.25, 0.3) is 0 Å². The van der Waals surface area contributed by atoms with E-state index in [1.54, 1.807) is 0 Å². The van der Waals surface area contributed by atoms with E-state index in [9.17, 15) is 8.42 Å². The molecule has 0 bridgehead atoms. The Hall–Kier alpha value is -0.130. The zero-order chi connectivity index (χ0) is 11.3. The van der Waals surface area contributed by atoms with Crippen molar-refractivity contribution < 1.29 is 13.5 Å². The van der Waals surface area contributed by atoms with Crippen LogP contribution in [0.25, 0.3) is 0 Å². The summed E-state index contributed by atoms with van der Waals surface area (Å²) in [6.07, 6.45) is 5.91. The van der Waals surface area contributed by atoms with Gasteiger partial charge in [-0.15, -0.1) is 0 Å². The van der Waals surface area contributed by atoms with Crippen LogP contribution in [0.1, 0.15) is 39.0 Å². The smallest absolute Gasteiger partial charge is 0.214 e. The van der Waals surface area contributed by atoms with E-state index >= 15 is 0 Å². The van der Waals surface area contributed by atoms with Crippen molar-refractivity contribution in [3.8, 4) is 0 Å². The van der Waals surface area contributed by atoms with Crippen molar-refractivity contribution in [2.24, 2.45) is 5.92 Å². The SMILES string of the molecule is CC(NS(=O)(=O)CCO)C1CCCCC1. The summed E-state index contributed by atoms with van der Waals surface area (Å²) in [6.45, 7) is 1.61. The first kappa shape index (κ1) is 12.9. The van der Waals surface area contributed by atoms with E-state index < -0.39 is 10.0 Å². The van der Waals surface area contributed by atoms with Crippen molar-refractivity contribution in [2.45, 2.75) is 45.1 Å². The zero-order valence-electron chi connectivity index (χ0n) is 9.28. The molecule has 1 atom stereocenters. The standard InChI is InChI=1S/C10H21NO3S/c1-9(10-5-3-2-4-6-10)11-15(13,14)8-7-12/h9-12H,2-8H2,1H3. The van der Waals surface area contributed by atoms with Gasteiger partial charge >= 0.3 is 0 Å². The maximum Gasteiger partial charge on any atom is 0.214 e. The summed E-state index contributed by atoms with van der Waals surface area (Å²) in [6, 6.07) is 0.00171. The summed E-state index contributed by atoms with van der Waals surface area (Å²) in [5, 5.41) is 8.61. The number of sulfonamides is 1. The predicted molar refractivity (Wildman–Crippen MR) is 60.0 cm³/mol. The van der Waals surface area contributed by atoms with Crippen LogP contribution in [0.4, 0.5) is 0 Å². The second-order valence-corrected chi connectivity index (χ2v) is 6.22. The third kappa shape index (κ3) is 4.49. The fraction of sp³-hybridized carbons (Fsp3) is 1.00. The van der Waals surface area contributed by atoms with Crippen molar-refractivity contribution in [1.29, 1.82) is 0 Å². The molecule has 1 aliphatic rings. The molecule has 0 spiro atoms. The molecule has 0 radical (unpaired) electrons. The molecule has 2 N–H and O–H groups in total. The van der Waals surface area contributed by atoms with Gasteiger partial charge in [0.1, 0.15) is 0 Å². The van der Waals surface area contributed by atoms with Gasteiger partial charge in [0.15, 0.2) is 0 Å². The molecule has 1 fully saturated rings. The van der Waals surface area contributed by atoms with E-state index in [0.29, 0.717) is 5.92 Å². The topological polar surface area (TPSA) is 66.4 Å². The van der Waals surface area contributed by atoms with Gasteiger partial charge in [-0.1, -0.05) is 19.3 Å². The minimum Gasteiger partial charge on any atom is -0.395 e. The molecular weight excluding hydrogens is 214 g/mol. The number of nitrogens with one attached hydrogen (secondary N) is 1. The molecule has 0 saturated heterocycles. The van der Waals surface area contributed by atoms with E-state index in [4.69, 9.17) is 5.11 Å². The molecule has 15 heavy (non-hydrogen) atoms. The van der Waals surface area contributed by atoms with E-state index in [-0.39, 0.29) is 18.4 Å². The predicted octanol–water partition coefficient (Wildman–Crippen LogP) is 0.867. The Bertz CT molecular complexity index is 270. The lowest BCUT2D eigenvalue weighted by Crippen LogP contribution is -2.40. The first-order chi connectivity index (χ1) is 7.05. The molecule has 4 nitrogen and oxygen atoms in total. The van der Waals surface area contributed by atoms with Gasteiger partial charge in [-0.05, 0) is 25.7 Å². The molecule has 0 amide bonds. The summed E-state index contributed by atoms with van der Waals surface area (Å²) >= 11 is 0. The Morgan fingerprint density at radius 3 is 2.47 bits per heavy atom. The van der Waals surface area contributed by atoms with Gasteiger partial charge in [0.2, 0.25) is 10.0 Å². The molecule has 1 rings (SSSR count). The third-order valence-corrected chi connectivity index (χ3v) is 4.53. The molecule has 0 aromatic heterocycles. The molecule has 90 valence electrons. The summed E-state index contributed by atoms with van der Waals surface area (Å²) < 4.78 is 25.5. The highest BCUT2D eigenvalue weighted by Crippen LogP contribution is 2.26. The van der Waals surface area contributed by atoms with Crippen LogP contribution in [-0.2, 0) is 10.0 Å². The molecule has 1 aliphatic carbocycles. The van der Waals surface area contributed by atoms with Crippen molar-refractivity contribution >= 4 is 10.0 Å². The van der Waals surface area contributed by atoms with Crippen LogP contribution >= 0.6 is 0 Å². The maximum atomic E-state index is 11.4. The van der Waals surface area contributed by atoms with Gasteiger partial charge in [0.05, 0.1) is 12.4 Å². The lowest BCUT2D eigenvalue weighted by atomic mass is 9.85. The summed E-state index contributed by atoms with van der Waals surface area (Å²) in [7, 11) is -3.28. The van der Waals surface area contributed by atoms with Crippen LogP contribution in [0.3, 0.4) is 0 Å². The fourth-order valence-corrected chi connectivity index (χ4v) is 3.31. The lowest BCUT2D eigenvalue weighted by Gasteiger charge is -2.27. The second kappa shape index (κ2) is 5.82. The molecule has 0 aromatic carbocycles.